The molecular formula is C54H36N2. The van der Waals surface area contributed by atoms with E-state index in [9.17, 15) is 5.48 Å². The number of aromatic nitrogens is 2. The van der Waals surface area contributed by atoms with Gasteiger partial charge in [0.2, 0.25) is 0 Å². The third-order valence-electron chi connectivity index (χ3n) is 10.8. The lowest BCUT2D eigenvalue weighted by molar-refractivity contribution is 1.18. The summed E-state index contributed by atoms with van der Waals surface area (Å²) < 4.78 is 68.7. The van der Waals surface area contributed by atoms with Crippen LogP contribution in [0.15, 0.2) is 218 Å². The number of hydrogen-bond acceptors (Lipinski definition) is 0. The van der Waals surface area contributed by atoms with Crippen LogP contribution >= 0.6 is 0 Å². The van der Waals surface area contributed by atoms with Crippen molar-refractivity contribution in [3.63, 3.8) is 0 Å². The van der Waals surface area contributed by atoms with Crippen molar-refractivity contribution in [2.75, 3.05) is 0 Å². The Morgan fingerprint density at radius 1 is 0.286 bits per heavy atom. The molecule has 0 saturated carbocycles. The predicted molar refractivity (Wildman–Crippen MR) is 237 cm³/mol. The number of benzene rings is 9. The predicted octanol–water partition coefficient (Wildman–Crippen LogP) is 14.5. The van der Waals surface area contributed by atoms with E-state index in [1.807, 2.05) is 97.1 Å². The van der Waals surface area contributed by atoms with E-state index in [2.05, 4.69) is 83.4 Å². The largest absolute Gasteiger partial charge is 0.309 e. The summed E-state index contributed by atoms with van der Waals surface area (Å²) in [5.74, 6) is 0. The van der Waals surface area contributed by atoms with Crippen LogP contribution in [-0.2, 0) is 0 Å². The highest BCUT2D eigenvalue weighted by Crippen LogP contribution is 2.39. The van der Waals surface area contributed by atoms with Crippen molar-refractivity contribution >= 4 is 43.6 Å². The zero-order valence-corrected chi connectivity index (χ0v) is 30.1. The summed E-state index contributed by atoms with van der Waals surface area (Å²) in [6, 6.07) is 56.9. The monoisotopic (exact) mass is 719 g/mol. The summed E-state index contributed by atoms with van der Waals surface area (Å²) in [4.78, 5) is 0. The third kappa shape index (κ3) is 5.34. The van der Waals surface area contributed by atoms with E-state index in [0.717, 1.165) is 60.9 Å². The molecule has 0 saturated heterocycles. The van der Waals surface area contributed by atoms with Gasteiger partial charge in [-0.1, -0.05) is 152 Å². The Labute approximate surface area is 335 Å². The molecule has 0 radical (unpaired) electrons. The number of nitrogens with zero attached hydrogens (tertiary/aromatic N) is 2. The highest BCUT2D eigenvalue weighted by atomic mass is 15.0. The van der Waals surface area contributed by atoms with Gasteiger partial charge >= 0.3 is 0 Å². The van der Waals surface area contributed by atoms with Crippen LogP contribution in [0.2, 0.25) is 0 Å². The first kappa shape index (κ1) is 25.6. The van der Waals surface area contributed by atoms with Gasteiger partial charge in [0.05, 0.1) is 31.7 Å². The van der Waals surface area contributed by atoms with Gasteiger partial charge in [0.1, 0.15) is 0 Å². The summed E-state index contributed by atoms with van der Waals surface area (Å²) in [6.07, 6.45) is 0. The van der Waals surface area contributed by atoms with Crippen molar-refractivity contribution in [1.29, 1.82) is 0 Å². The summed E-state index contributed by atoms with van der Waals surface area (Å²) in [7, 11) is 0. The molecular weight excluding hydrogens is 677 g/mol. The zero-order chi connectivity index (χ0) is 43.1. The van der Waals surface area contributed by atoms with E-state index in [-0.39, 0.29) is 57.6 Å². The summed E-state index contributed by atoms with van der Waals surface area (Å²) in [6.45, 7) is 0. The molecule has 0 unspecified atom stereocenters. The molecule has 0 atom stereocenters. The zero-order valence-electron chi connectivity index (χ0n) is 37.1. The molecule has 262 valence electrons. The Balaban J connectivity index is 1.12. The van der Waals surface area contributed by atoms with Gasteiger partial charge in [-0.2, -0.15) is 0 Å². The Hall–Kier alpha value is -7.42. The Morgan fingerprint density at radius 2 is 0.714 bits per heavy atom. The average Bonchev–Trinajstić information content (AvgIpc) is 3.87. The third-order valence-corrected chi connectivity index (χ3v) is 10.8. The number of rotatable bonds is 6. The molecule has 56 heavy (non-hydrogen) atoms. The van der Waals surface area contributed by atoms with Crippen molar-refractivity contribution < 1.29 is 9.60 Å². The van der Waals surface area contributed by atoms with Gasteiger partial charge < -0.3 is 9.13 Å². The van der Waals surface area contributed by atoms with Crippen LogP contribution in [0.5, 0.6) is 0 Å². The molecule has 0 amide bonds. The van der Waals surface area contributed by atoms with Gasteiger partial charge in [-0.15, -0.1) is 0 Å². The second kappa shape index (κ2) is 13.2. The first-order valence-corrected chi connectivity index (χ1v) is 18.7. The van der Waals surface area contributed by atoms with Crippen LogP contribution in [0.1, 0.15) is 9.60 Å². The fourth-order valence-electron chi connectivity index (χ4n) is 8.05. The molecule has 0 bridgehead atoms. The van der Waals surface area contributed by atoms with Crippen molar-refractivity contribution in [2.45, 2.75) is 0 Å². The average molecular weight is 720 g/mol. The van der Waals surface area contributed by atoms with Crippen LogP contribution in [0.4, 0.5) is 0 Å². The van der Waals surface area contributed by atoms with Crippen LogP contribution < -0.4 is 0 Å². The Kier molecular flexibility index (Phi) is 6.01. The molecule has 0 spiro atoms. The van der Waals surface area contributed by atoms with Crippen molar-refractivity contribution in [3.8, 4) is 55.9 Å². The second-order valence-corrected chi connectivity index (χ2v) is 14.0. The SMILES string of the molecule is [2H]c1c([2H])c([2H])c2c(c1[2H])c1c([2H])c(-c3ccc4c(c3)c3cc(-c5ccccc5)ccc3n4-c3ccccc3)c([2H])c([2H])c1n2-c1ccc(-c2ccc(-c3ccccc3)cc2)cc1. The second-order valence-electron chi connectivity index (χ2n) is 14.0. The molecule has 0 fully saturated rings. The van der Waals surface area contributed by atoms with Gasteiger partial charge in [-0.25, -0.2) is 0 Å². The van der Waals surface area contributed by atoms with E-state index in [4.69, 9.17) is 4.11 Å². The Morgan fingerprint density at radius 3 is 1.32 bits per heavy atom. The molecule has 0 aliphatic carbocycles. The van der Waals surface area contributed by atoms with E-state index in [0.29, 0.717) is 11.3 Å². The van der Waals surface area contributed by atoms with E-state index < -0.39 is 12.1 Å². The van der Waals surface area contributed by atoms with Crippen LogP contribution in [0.3, 0.4) is 0 Å². The maximum atomic E-state index is 9.87. The van der Waals surface area contributed by atoms with E-state index >= 15 is 0 Å². The van der Waals surface area contributed by atoms with Crippen molar-refractivity contribution in [3.05, 3.63) is 218 Å². The molecule has 11 aromatic rings. The molecule has 0 aliphatic rings. The molecule has 9 aromatic carbocycles. The van der Waals surface area contributed by atoms with Crippen LogP contribution in [-0.4, -0.2) is 9.13 Å². The van der Waals surface area contributed by atoms with E-state index in [1.165, 1.54) is 0 Å². The smallest absolute Gasteiger partial charge is 0.0645 e. The molecule has 2 heteroatoms. The van der Waals surface area contributed by atoms with Gasteiger partial charge in [0.25, 0.3) is 0 Å². The quantitative estimate of drug-likeness (QED) is 0.162. The van der Waals surface area contributed by atoms with Crippen molar-refractivity contribution in [2.24, 2.45) is 0 Å². The minimum atomic E-state index is -0.423. The fourth-order valence-corrected chi connectivity index (χ4v) is 8.05. The lowest BCUT2D eigenvalue weighted by atomic mass is 9.99. The maximum Gasteiger partial charge on any atom is 0.0645 e. The standard InChI is InChI=1S/C54H36N2/c1-4-12-37(13-5-1)39-20-22-40(23-21-39)41-24-29-46(30-25-41)56-51-19-11-10-18-47(51)48-35-43(27-32-52(48)56)44-28-33-54-50(36-44)49-34-42(38-14-6-2-7-15-38)26-31-53(49)55(54)45-16-8-3-9-17-45/h1-36H/i10D,11D,18D,19D,27D,32D,35D. The molecule has 0 aliphatic heterocycles. The van der Waals surface area contributed by atoms with Gasteiger partial charge in [0, 0.05) is 32.9 Å². The van der Waals surface area contributed by atoms with Gasteiger partial charge in [-0.3, -0.25) is 0 Å². The maximum absolute atomic E-state index is 9.87. The fraction of sp³-hybridized carbons (Fsp3) is 0. The van der Waals surface area contributed by atoms with Crippen LogP contribution in [0, 0.1) is 0 Å². The van der Waals surface area contributed by atoms with Gasteiger partial charge in [0.15, 0.2) is 0 Å². The van der Waals surface area contributed by atoms with Crippen LogP contribution in [0.25, 0.3) is 99.5 Å². The van der Waals surface area contributed by atoms with E-state index in [1.54, 1.807) is 4.57 Å². The van der Waals surface area contributed by atoms with Crippen molar-refractivity contribution in [1.82, 2.24) is 9.13 Å². The molecule has 2 heterocycles. The molecule has 2 aromatic heterocycles. The minimum absolute atomic E-state index is 0.0778. The topological polar surface area (TPSA) is 9.86 Å². The number of para-hydroxylation sites is 2. The Bertz CT molecular complexity index is 3600. The normalized spacial score (nSPS) is 13.3. The first-order chi connectivity index (χ1) is 30.7. The summed E-state index contributed by atoms with van der Waals surface area (Å²) >= 11 is 0. The molecule has 0 N–H and O–H groups in total. The first-order valence-electron chi connectivity index (χ1n) is 22.2. The highest BCUT2D eigenvalue weighted by Gasteiger charge is 2.17. The lowest BCUT2D eigenvalue weighted by Gasteiger charge is -2.11. The van der Waals surface area contributed by atoms with Gasteiger partial charge in [-0.05, 0) is 111 Å². The lowest BCUT2D eigenvalue weighted by Crippen LogP contribution is -1.94. The minimum Gasteiger partial charge on any atom is -0.309 e. The highest BCUT2D eigenvalue weighted by molar-refractivity contribution is 6.13. The molecule has 11 rings (SSSR count). The summed E-state index contributed by atoms with van der Waals surface area (Å²) in [5, 5.41) is 2.25. The number of hydrogen-bond donors (Lipinski definition) is 0. The molecule has 2 nitrogen and oxygen atoms in total. The summed E-state index contributed by atoms with van der Waals surface area (Å²) in [5.41, 5.74) is 10.9. The number of fused-ring (bicyclic) bond motifs is 6.